The van der Waals surface area contributed by atoms with Crippen molar-refractivity contribution in [2.45, 2.75) is 89.9 Å². The summed E-state index contributed by atoms with van der Waals surface area (Å²) in [6, 6.07) is 10.5. The van der Waals surface area contributed by atoms with Gasteiger partial charge in [-0.3, -0.25) is 0 Å². The molecule has 2 aliphatic rings. The van der Waals surface area contributed by atoms with E-state index in [1.54, 1.807) is 0 Å². The van der Waals surface area contributed by atoms with Crippen LogP contribution >= 0.6 is 0 Å². The number of halogens is 1. The number of benzene rings is 2. The molecule has 2 aliphatic carbocycles. The van der Waals surface area contributed by atoms with Gasteiger partial charge in [0.05, 0.1) is 0 Å². The molecule has 0 spiro atoms. The molecule has 0 N–H and O–H groups in total. The lowest BCUT2D eigenvalue weighted by molar-refractivity contribution is 0.246. The van der Waals surface area contributed by atoms with Crippen molar-refractivity contribution in [1.29, 1.82) is 0 Å². The van der Waals surface area contributed by atoms with Crippen LogP contribution in [0.2, 0.25) is 0 Å². The standard InChI is InChI=1S/C31H41F/c1-3-5-7-27-18-19-29-22-28(20-21-30(29)31(27)32)26-16-14-25(15-17-26)13-12-24-10-8-23(6-4-2)9-11-24/h3-4,6,18-26H,1,5,7-17H2,2H3/b6-4+. The Morgan fingerprint density at radius 1 is 0.906 bits per heavy atom. The zero-order valence-corrected chi connectivity index (χ0v) is 20.0. The second-order valence-corrected chi connectivity index (χ2v) is 10.4. The van der Waals surface area contributed by atoms with E-state index in [-0.39, 0.29) is 5.82 Å². The Bertz CT molecular complexity index is 907. The topological polar surface area (TPSA) is 0 Å². The van der Waals surface area contributed by atoms with Crippen LogP contribution in [0.5, 0.6) is 0 Å². The fourth-order valence-electron chi connectivity index (χ4n) is 6.26. The fourth-order valence-corrected chi connectivity index (χ4v) is 6.26. The van der Waals surface area contributed by atoms with E-state index in [2.05, 4.69) is 43.9 Å². The third-order valence-electron chi connectivity index (χ3n) is 8.33. The molecule has 32 heavy (non-hydrogen) atoms. The molecule has 0 heterocycles. The van der Waals surface area contributed by atoms with Crippen LogP contribution in [0.25, 0.3) is 10.8 Å². The van der Waals surface area contributed by atoms with Crippen LogP contribution in [0.1, 0.15) is 94.6 Å². The minimum atomic E-state index is -0.0423. The first kappa shape index (κ1) is 23.3. The smallest absolute Gasteiger partial charge is 0.134 e. The van der Waals surface area contributed by atoms with Gasteiger partial charge in [-0.1, -0.05) is 61.4 Å². The first-order valence-electron chi connectivity index (χ1n) is 13.1. The van der Waals surface area contributed by atoms with Crippen LogP contribution in [-0.4, -0.2) is 0 Å². The highest BCUT2D eigenvalue weighted by Gasteiger charge is 2.25. The third kappa shape index (κ3) is 5.72. The Labute approximate surface area is 195 Å². The normalized spacial score (nSPS) is 26.6. The number of hydrogen-bond acceptors (Lipinski definition) is 0. The quantitative estimate of drug-likeness (QED) is 0.364. The van der Waals surface area contributed by atoms with Crippen molar-refractivity contribution in [3.05, 3.63) is 72.1 Å². The van der Waals surface area contributed by atoms with Gasteiger partial charge in [-0.25, -0.2) is 4.39 Å². The molecule has 2 aromatic rings. The lowest BCUT2D eigenvalue weighted by Gasteiger charge is -2.31. The van der Waals surface area contributed by atoms with Gasteiger partial charge in [0, 0.05) is 5.39 Å². The van der Waals surface area contributed by atoms with Crippen molar-refractivity contribution in [2.24, 2.45) is 17.8 Å². The molecule has 2 saturated carbocycles. The van der Waals surface area contributed by atoms with Crippen molar-refractivity contribution in [2.75, 3.05) is 0 Å². The van der Waals surface area contributed by atoms with E-state index in [0.29, 0.717) is 5.92 Å². The Kier molecular flexibility index (Phi) is 8.22. The van der Waals surface area contributed by atoms with E-state index in [4.69, 9.17) is 0 Å². The van der Waals surface area contributed by atoms with Crippen LogP contribution in [0, 0.1) is 23.6 Å². The van der Waals surface area contributed by atoms with E-state index >= 15 is 0 Å². The van der Waals surface area contributed by atoms with Crippen LogP contribution in [-0.2, 0) is 6.42 Å². The molecular formula is C31H41F. The summed E-state index contributed by atoms with van der Waals surface area (Å²) < 4.78 is 14.9. The van der Waals surface area contributed by atoms with Crippen molar-refractivity contribution in [1.82, 2.24) is 0 Å². The summed E-state index contributed by atoms with van der Waals surface area (Å²) in [4.78, 5) is 0. The molecule has 0 radical (unpaired) electrons. The van der Waals surface area contributed by atoms with Crippen molar-refractivity contribution < 1.29 is 4.39 Å². The van der Waals surface area contributed by atoms with Gasteiger partial charge in [-0.2, -0.15) is 0 Å². The zero-order chi connectivity index (χ0) is 22.3. The van der Waals surface area contributed by atoms with Crippen LogP contribution < -0.4 is 0 Å². The molecular weight excluding hydrogens is 391 g/mol. The Morgan fingerprint density at radius 2 is 1.59 bits per heavy atom. The van der Waals surface area contributed by atoms with Crippen molar-refractivity contribution in [3.63, 3.8) is 0 Å². The maximum atomic E-state index is 14.9. The maximum Gasteiger partial charge on any atom is 0.134 e. The number of rotatable bonds is 8. The van der Waals surface area contributed by atoms with Gasteiger partial charge >= 0.3 is 0 Å². The molecule has 0 aliphatic heterocycles. The van der Waals surface area contributed by atoms with Gasteiger partial charge in [-0.05, 0) is 111 Å². The van der Waals surface area contributed by atoms with E-state index in [1.807, 2.05) is 18.2 Å². The van der Waals surface area contributed by atoms with Crippen molar-refractivity contribution in [3.8, 4) is 0 Å². The van der Waals surface area contributed by atoms with E-state index in [1.165, 1.54) is 69.8 Å². The molecule has 2 fully saturated rings. The lowest BCUT2D eigenvalue weighted by Crippen LogP contribution is -2.17. The Balaban J connectivity index is 1.28. The van der Waals surface area contributed by atoms with Gasteiger partial charge in [0.1, 0.15) is 5.82 Å². The fraction of sp³-hybridized carbons (Fsp3) is 0.548. The zero-order valence-electron chi connectivity index (χ0n) is 20.0. The van der Waals surface area contributed by atoms with E-state index in [9.17, 15) is 4.39 Å². The summed E-state index contributed by atoms with van der Waals surface area (Å²) >= 11 is 0. The summed E-state index contributed by atoms with van der Waals surface area (Å²) in [6.45, 7) is 5.91. The number of fused-ring (bicyclic) bond motifs is 1. The Morgan fingerprint density at radius 3 is 2.25 bits per heavy atom. The monoisotopic (exact) mass is 432 g/mol. The highest BCUT2D eigenvalue weighted by atomic mass is 19.1. The number of hydrogen-bond donors (Lipinski definition) is 0. The lowest BCUT2D eigenvalue weighted by atomic mass is 9.74. The molecule has 0 aromatic heterocycles. The maximum absolute atomic E-state index is 14.9. The SMILES string of the molecule is C=CCCc1ccc2cc(C3CCC(CCC4CCC(/C=C/C)CC4)CC3)ccc2c1F. The van der Waals surface area contributed by atoms with E-state index < -0.39 is 0 Å². The predicted molar refractivity (Wildman–Crippen MR) is 137 cm³/mol. The number of aryl methyl sites for hydroxylation is 1. The molecule has 0 amide bonds. The Hall–Kier alpha value is -1.89. The molecule has 0 nitrogen and oxygen atoms in total. The second kappa shape index (κ2) is 11.3. The summed E-state index contributed by atoms with van der Waals surface area (Å²) in [7, 11) is 0. The van der Waals surface area contributed by atoms with Crippen molar-refractivity contribution >= 4 is 10.8 Å². The average Bonchev–Trinajstić information content (AvgIpc) is 2.83. The van der Waals surface area contributed by atoms with Gasteiger partial charge in [-0.15, -0.1) is 6.58 Å². The largest absolute Gasteiger partial charge is 0.206 e. The molecule has 2 aromatic carbocycles. The highest BCUT2D eigenvalue weighted by Crippen LogP contribution is 2.40. The molecule has 0 unspecified atom stereocenters. The predicted octanol–water partition coefficient (Wildman–Crippen LogP) is 9.53. The van der Waals surface area contributed by atoms with Crippen LogP contribution in [0.3, 0.4) is 0 Å². The van der Waals surface area contributed by atoms with E-state index in [0.717, 1.165) is 46.9 Å². The molecule has 0 bridgehead atoms. The van der Waals surface area contributed by atoms with Crippen LogP contribution in [0.15, 0.2) is 55.1 Å². The molecule has 4 rings (SSSR count). The minimum Gasteiger partial charge on any atom is -0.206 e. The summed E-state index contributed by atoms with van der Waals surface area (Å²) in [5.74, 6) is 3.35. The first-order chi connectivity index (χ1) is 15.7. The molecule has 0 atom stereocenters. The average molecular weight is 433 g/mol. The van der Waals surface area contributed by atoms with Gasteiger partial charge < -0.3 is 0 Å². The van der Waals surface area contributed by atoms with Gasteiger partial charge in [0.2, 0.25) is 0 Å². The highest BCUT2D eigenvalue weighted by molar-refractivity contribution is 5.84. The summed E-state index contributed by atoms with van der Waals surface area (Å²) in [5.41, 5.74) is 2.22. The first-order valence-corrected chi connectivity index (χ1v) is 13.1. The molecule has 0 saturated heterocycles. The molecule has 1 heteroatoms. The second-order valence-electron chi connectivity index (χ2n) is 10.4. The van der Waals surface area contributed by atoms with Crippen LogP contribution in [0.4, 0.5) is 4.39 Å². The van der Waals surface area contributed by atoms with Gasteiger partial charge in [0.15, 0.2) is 0 Å². The van der Waals surface area contributed by atoms with Gasteiger partial charge in [0.25, 0.3) is 0 Å². The third-order valence-corrected chi connectivity index (χ3v) is 8.33. The summed E-state index contributed by atoms with van der Waals surface area (Å²) in [6.07, 6.45) is 21.9. The summed E-state index contributed by atoms with van der Waals surface area (Å²) in [5, 5.41) is 1.83. The molecule has 172 valence electrons. The minimum absolute atomic E-state index is 0.0423. The number of allylic oxidation sites excluding steroid dienone is 3.